The van der Waals surface area contributed by atoms with E-state index in [9.17, 15) is 18.0 Å². The Morgan fingerprint density at radius 1 is 0.900 bits per heavy atom. The Hall–Kier alpha value is -3.36. The highest BCUT2D eigenvalue weighted by molar-refractivity contribution is 7.92. The molecule has 0 aromatic heterocycles. The topological polar surface area (TPSA) is 86.8 Å². The molecule has 0 saturated carbocycles. The SMILES string of the molecule is CCCNC(=O)C(CC)N(Cc1ccc(C)cc1)C(=O)CN(c1ccc(C)c(C)c1)S(=O)(=O)c1ccc(Cl)cc1. The number of hydrogen-bond acceptors (Lipinski definition) is 4. The molecular formula is C31H38ClN3O4S. The third-order valence-corrected chi connectivity index (χ3v) is 8.91. The van der Waals surface area contributed by atoms with E-state index in [0.717, 1.165) is 33.0 Å². The standard InChI is InChI=1S/C31H38ClN3O4S/c1-6-18-33-31(37)29(7-2)34(20-25-11-8-22(3)9-12-25)30(36)21-35(27-15-10-23(4)24(5)19-27)40(38,39)28-16-13-26(32)14-17-28/h8-17,19,29H,6-7,18,20-21H2,1-5H3,(H,33,37). The average Bonchev–Trinajstić information content (AvgIpc) is 2.93. The Labute approximate surface area is 243 Å². The number of hydrogen-bond donors (Lipinski definition) is 1. The summed E-state index contributed by atoms with van der Waals surface area (Å²) in [6.45, 7) is 9.78. The minimum atomic E-state index is -4.15. The Balaban J connectivity index is 2.07. The molecule has 9 heteroatoms. The quantitative estimate of drug-likeness (QED) is 0.292. The predicted octanol–water partition coefficient (Wildman–Crippen LogP) is 5.79. The first kappa shape index (κ1) is 31.2. The normalized spacial score (nSPS) is 12.1. The van der Waals surface area contributed by atoms with Gasteiger partial charge in [-0.25, -0.2) is 8.42 Å². The van der Waals surface area contributed by atoms with Crippen LogP contribution in [-0.4, -0.2) is 44.3 Å². The summed E-state index contributed by atoms with van der Waals surface area (Å²) in [7, 11) is -4.15. The fourth-order valence-corrected chi connectivity index (χ4v) is 5.85. The number of aryl methyl sites for hydroxylation is 3. The van der Waals surface area contributed by atoms with Crippen LogP contribution in [0.2, 0.25) is 5.02 Å². The lowest BCUT2D eigenvalue weighted by molar-refractivity contribution is -0.140. The van der Waals surface area contributed by atoms with E-state index in [1.165, 1.54) is 29.2 Å². The highest BCUT2D eigenvalue weighted by atomic mass is 35.5. The number of nitrogens with one attached hydrogen (secondary N) is 1. The van der Waals surface area contributed by atoms with Gasteiger partial charge in [0.1, 0.15) is 12.6 Å². The molecule has 0 aliphatic carbocycles. The number of anilines is 1. The maximum Gasteiger partial charge on any atom is 0.264 e. The summed E-state index contributed by atoms with van der Waals surface area (Å²) >= 11 is 6.02. The van der Waals surface area contributed by atoms with Crippen molar-refractivity contribution in [2.45, 2.75) is 64.9 Å². The van der Waals surface area contributed by atoms with Crippen LogP contribution in [0.5, 0.6) is 0 Å². The molecule has 0 fully saturated rings. The highest BCUT2D eigenvalue weighted by Gasteiger charge is 2.33. The minimum Gasteiger partial charge on any atom is -0.354 e. The molecule has 3 rings (SSSR count). The summed E-state index contributed by atoms with van der Waals surface area (Å²) in [5, 5.41) is 3.30. The molecular weight excluding hydrogens is 546 g/mol. The zero-order chi connectivity index (χ0) is 29.4. The summed E-state index contributed by atoms with van der Waals surface area (Å²) in [6.07, 6.45) is 1.13. The van der Waals surface area contributed by atoms with E-state index in [4.69, 9.17) is 11.6 Å². The lowest BCUT2D eigenvalue weighted by atomic mass is 10.1. The Kier molecular flexibility index (Phi) is 10.8. The number of benzene rings is 3. The Morgan fingerprint density at radius 3 is 2.12 bits per heavy atom. The number of sulfonamides is 1. The van der Waals surface area contributed by atoms with E-state index < -0.39 is 28.5 Å². The zero-order valence-corrected chi connectivity index (χ0v) is 25.3. The number of halogens is 1. The fraction of sp³-hybridized carbons (Fsp3) is 0.355. The summed E-state index contributed by atoms with van der Waals surface area (Å²) in [5.41, 5.74) is 4.18. The molecule has 0 spiro atoms. The lowest BCUT2D eigenvalue weighted by Gasteiger charge is -2.33. The van der Waals surface area contributed by atoms with E-state index in [2.05, 4.69) is 5.32 Å². The molecule has 0 radical (unpaired) electrons. The van der Waals surface area contributed by atoms with E-state index in [0.29, 0.717) is 23.7 Å². The van der Waals surface area contributed by atoms with Gasteiger partial charge in [0.05, 0.1) is 10.6 Å². The molecule has 40 heavy (non-hydrogen) atoms. The van der Waals surface area contributed by atoms with E-state index in [1.54, 1.807) is 12.1 Å². The molecule has 0 aliphatic rings. The summed E-state index contributed by atoms with van der Waals surface area (Å²) in [4.78, 5) is 28.7. The van der Waals surface area contributed by atoms with Crippen molar-refractivity contribution in [2.24, 2.45) is 0 Å². The molecule has 0 heterocycles. The monoisotopic (exact) mass is 583 g/mol. The first-order valence-corrected chi connectivity index (χ1v) is 15.3. The first-order chi connectivity index (χ1) is 19.0. The molecule has 3 aromatic rings. The van der Waals surface area contributed by atoms with Crippen molar-refractivity contribution in [3.8, 4) is 0 Å². The van der Waals surface area contributed by atoms with E-state index in [1.807, 2.05) is 65.0 Å². The van der Waals surface area contributed by atoms with Crippen LogP contribution < -0.4 is 9.62 Å². The largest absolute Gasteiger partial charge is 0.354 e. The van der Waals surface area contributed by atoms with Crippen molar-refractivity contribution in [3.63, 3.8) is 0 Å². The molecule has 214 valence electrons. The van der Waals surface area contributed by atoms with Gasteiger partial charge in [0.25, 0.3) is 10.0 Å². The van der Waals surface area contributed by atoms with Crippen molar-refractivity contribution in [1.29, 1.82) is 0 Å². The van der Waals surface area contributed by atoms with Crippen LogP contribution in [0.25, 0.3) is 0 Å². The third kappa shape index (κ3) is 7.64. The van der Waals surface area contributed by atoms with Gasteiger partial charge < -0.3 is 10.2 Å². The van der Waals surface area contributed by atoms with Crippen LogP contribution in [0.1, 0.15) is 48.9 Å². The molecule has 0 bridgehead atoms. The van der Waals surface area contributed by atoms with Gasteiger partial charge in [-0.15, -0.1) is 0 Å². The van der Waals surface area contributed by atoms with Crippen molar-refractivity contribution in [1.82, 2.24) is 10.2 Å². The molecule has 7 nitrogen and oxygen atoms in total. The van der Waals surface area contributed by atoms with Crippen molar-refractivity contribution in [3.05, 3.63) is 94.0 Å². The first-order valence-electron chi connectivity index (χ1n) is 13.5. The van der Waals surface area contributed by atoms with Gasteiger partial charge in [-0.3, -0.25) is 13.9 Å². The molecule has 0 saturated heterocycles. The van der Waals surface area contributed by atoms with Crippen LogP contribution in [0.3, 0.4) is 0 Å². The second-order valence-electron chi connectivity index (χ2n) is 9.96. The number of carbonyl (C=O) groups excluding carboxylic acids is 2. The van der Waals surface area contributed by atoms with Gasteiger partial charge in [-0.1, -0.05) is 61.3 Å². The summed E-state index contributed by atoms with van der Waals surface area (Å²) in [6, 6.07) is 18.1. The van der Waals surface area contributed by atoms with Gasteiger partial charge >= 0.3 is 0 Å². The van der Waals surface area contributed by atoms with Crippen LogP contribution in [0.15, 0.2) is 71.6 Å². The fourth-order valence-electron chi connectivity index (χ4n) is 4.32. The third-order valence-electron chi connectivity index (χ3n) is 6.87. The highest BCUT2D eigenvalue weighted by Crippen LogP contribution is 2.27. The van der Waals surface area contributed by atoms with Gasteiger partial charge in [0, 0.05) is 18.1 Å². The number of rotatable bonds is 12. The minimum absolute atomic E-state index is 0.0146. The molecule has 0 aliphatic heterocycles. The van der Waals surface area contributed by atoms with Crippen molar-refractivity contribution >= 4 is 39.1 Å². The maximum atomic E-state index is 14.1. The van der Waals surface area contributed by atoms with Gasteiger partial charge in [0.15, 0.2) is 0 Å². The van der Waals surface area contributed by atoms with Crippen LogP contribution >= 0.6 is 11.6 Å². The number of nitrogens with zero attached hydrogens (tertiary/aromatic N) is 2. The molecule has 1 unspecified atom stereocenters. The summed E-state index contributed by atoms with van der Waals surface area (Å²) in [5.74, 6) is -0.738. The Bertz CT molecular complexity index is 1420. The number of amides is 2. The Morgan fingerprint density at radius 2 is 1.55 bits per heavy atom. The van der Waals surface area contributed by atoms with Gasteiger partial charge in [-0.05, 0) is 86.7 Å². The van der Waals surface area contributed by atoms with Gasteiger partial charge in [0.2, 0.25) is 11.8 Å². The smallest absolute Gasteiger partial charge is 0.264 e. The summed E-state index contributed by atoms with van der Waals surface area (Å²) < 4.78 is 29.0. The van der Waals surface area contributed by atoms with Crippen molar-refractivity contribution in [2.75, 3.05) is 17.4 Å². The molecule has 1 atom stereocenters. The predicted molar refractivity (Wildman–Crippen MR) is 161 cm³/mol. The second kappa shape index (κ2) is 13.8. The van der Waals surface area contributed by atoms with Crippen LogP contribution in [-0.2, 0) is 26.2 Å². The second-order valence-corrected chi connectivity index (χ2v) is 12.3. The van der Waals surface area contributed by atoms with E-state index in [-0.39, 0.29) is 17.3 Å². The van der Waals surface area contributed by atoms with Crippen LogP contribution in [0, 0.1) is 20.8 Å². The average molecular weight is 584 g/mol. The van der Waals surface area contributed by atoms with Crippen LogP contribution in [0.4, 0.5) is 5.69 Å². The molecule has 2 amide bonds. The van der Waals surface area contributed by atoms with E-state index >= 15 is 0 Å². The molecule has 1 N–H and O–H groups in total. The molecule has 3 aromatic carbocycles. The van der Waals surface area contributed by atoms with Gasteiger partial charge in [-0.2, -0.15) is 0 Å². The maximum absolute atomic E-state index is 14.1. The van der Waals surface area contributed by atoms with Crippen molar-refractivity contribution < 1.29 is 18.0 Å². The zero-order valence-electron chi connectivity index (χ0n) is 23.8. The number of carbonyl (C=O) groups is 2. The lowest BCUT2D eigenvalue weighted by Crippen LogP contribution is -2.52.